The van der Waals surface area contributed by atoms with Crippen molar-refractivity contribution in [2.24, 2.45) is 0 Å². The Bertz CT molecular complexity index is 1080. The molecule has 0 amide bonds. The van der Waals surface area contributed by atoms with Crippen LogP contribution in [-0.2, 0) is 13.0 Å². The highest BCUT2D eigenvalue weighted by Gasteiger charge is 2.18. The summed E-state index contributed by atoms with van der Waals surface area (Å²) in [5, 5.41) is 9.48. The molecule has 2 heterocycles. The van der Waals surface area contributed by atoms with Crippen LogP contribution in [0.5, 0.6) is 0 Å². The highest BCUT2D eigenvalue weighted by molar-refractivity contribution is 5.92. The SMILES string of the molecule is N#Cc1c(N)n(CCc2ccccc2)c2nc3ccccc3nc12.[Cl-]. The fraction of sp³-hybridized carbons (Fsp3) is 0.105. The first-order chi connectivity index (χ1) is 11.8. The number of para-hydroxylation sites is 2. The van der Waals surface area contributed by atoms with Gasteiger partial charge in [0.15, 0.2) is 5.65 Å². The molecule has 0 saturated heterocycles. The molecule has 0 saturated carbocycles. The molecule has 0 fully saturated rings. The van der Waals surface area contributed by atoms with Gasteiger partial charge < -0.3 is 22.7 Å². The number of nitriles is 1. The van der Waals surface area contributed by atoms with E-state index in [-0.39, 0.29) is 12.4 Å². The maximum absolute atomic E-state index is 9.48. The molecule has 4 aromatic rings. The molecule has 0 unspecified atom stereocenters. The zero-order chi connectivity index (χ0) is 16.5. The molecule has 2 aromatic heterocycles. The molecule has 0 aliphatic heterocycles. The maximum Gasteiger partial charge on any atom is 0.162 e. The van der Waals surface area contributed by atoms with E-state index in [9.17, 15) is 5.26 Å². The van der Waals surface area contributed by atoms with Gasteiger partial charge in [0.05, 0.1) is 11.0 Å². The van der Waals surface area contributed by atoms with Gasteiger partial charge in [-0.15, -0.1) is 0 Å². The van der Waals surface area contributed by atoms with Gasteiger partial charge in [0.1, 0.15) is 23.0 Å². The smallest absolute Gasteiger partial charge is 0.162 e. The summed E-state index contributed by atoms with van der Waals surface area (Å²) in [5.41, 5.74) is 10.6. The Balaban J connectivity index is 0.00000182. The number of benzene rings is 2. The summed E-state index contributed by atoms with van der Waals surface area (Å²) < 4.78 is 1.89. The molecule has 2 aromatic carbocycles. The van der Waals surface area contributed by atoms with Crippen LogP contribution in [0, 0.1) is 11.3 Å². The number of nitrogens with zero attached hydrogens (tertiary/aromatic N) is 4. The van der Waals surface area contributed by atoms with Crippen molar-refractivity contribution in [3.05, 3.63) is 65.7 Å². The van der Waals surface area contributed by atoms with Gasteiger partial charge in [-0.3, -0.25) is 0 Å². The second kappa shape index (κ2) is 6.80. The Morgan fingerprint density at radius 3 is 2.28 bits per heavy atom. The number of hydrogen-bond donors (Lipinski definition) is 1. The van der Waals surface area contributed by atoms with Crippen LogP contribution in [0.3, 0.4) is 0 Å². The zero-order valence-electron chi connectivity index (χ0n) is 13.4. The van der Waals surface area contributed by atoms with Gasteiger partial charge in [0.25, 0.3) is 0 Å². The standard InChI is InChI=1S/C19H15N5.ClH/c20-12-14-17-19(23-16-9-5-4-8-15(16)22-17)24(18(14)21)11-10-13-6-2-1-3-7-13;/h1-9H,10-11,21H2;1H/p-1. The van der Waals surface area contributed by atoms with E-state index in [2.05, 4.69) is 28.2 Å². The second-order valence-electron chi connectivity index (χ2n) is 5.64. The number of nitrogen functional groups attached to an aromatic ring is 1. The highest BCUT2D eigenvalue weighted by atomic mass is 35.5. The number of hydrogen-bond acceptors (Lipinski definition) is 4. The number of anilines is 1. The molecule has 25 heavy (non-hydrogen) atoms. The highest BCUT2D eigenvalue weighted by Crippen LogP contribution is 2.27. The molecule has 5 nitrogen and oxygen atoms in total. The van der Waals surface area contributed by atoms with E-state index in [1.165, 1.54) is 5.56 Å². The molecule has 6 heteroatoms. The van der Waals surface area contributed by atoms with Crippen molar-refractivity contribution in [1.82, 2.24) is 14.5 Å². The first-order valence-electron chi connectivity index (χ1n) is 7.76. The lowest BCUT2D eigenvalue weighted by Gasteiger charge is -2.07. The van der Waals surface area contributed by atoms with E-state index in [4.69, 9.17) is 5.73 Å². The van der Waals surface area contributed by atoms with E-state index in [1.54, 1.807) is 0 Å². The lowest BCUT2D eigenvalue weighted by molar-refractivity contribution is -0.00000516. The normalized spacial score (nSPS) is 10.5. The van der Waals surface area contributed by atoms with Crippen molar-refractivity contribution in [2.75, 3.05) is 5.73 Å². The Morgan fingerprint density at radius 1 is 0.960 bits per heavy atom. The van der Waals surface area contributed by atoms with E-state index in [1.807, 2.05) is 47.0 Å². The van der Waals surface area contributed by atoms with E-state index >= 15 is 0 Å². The summed E-state index contributed by atoms with van der Waals surface area (Å²) in [6.45, 7) is 0.654. The Kier molecular flexibility index (Phi) is 4.55. The average molecular weight is 349 g/mol. The Hall–Kier alpha value is -3.10. The summed E-state index contributed by atoms with van der Waals surface area (Å²) >= 11 is 0. The molecule has 2 N–H and O–H groups in total. The topological polar surface area (TPSA) is 80.5 Å². The summed E-state index contributed by atoms with van der Waals surface area (Å²) in [5.74, 6) is 0.429. The predicted octanol–water partition coefficient (Wildman–Crippen LogP) is 0.285. The average Bonchev–Trinajstić information content (AvgIpc) is 2.89. The molecule has 0 radical (unpaired) electrons. The van der Waals surface area contributed by atoms with Crippen molar-refractivity contribution < 1.29 is 12.4 Å². The number of nitrogens with two attached hydrogens (primary N) is 1. The lowest BCUT2D eigenvalue weighted by Crippen LogP contribution is -3.00. The third-order valence-corrected chi connectivity index (χ3v) is 4.17. The fourth-order valence-electron chi connectivity index (χ4n) is 2.94. The number of aromatic nitrogens is 3. The van der Waals surface area contributed by atoms with Gasteiger partial charge >= 0.3 is 0 Å². The van der Waals surface area contributed by atoms with Gasteiger partial charge in [0, 0.05) is 6.54 Å². The molecule has 0 spiro atoms. The molecule has 4 rings (SSSR count). The van der Waals surface area contributed by atoms with Crippen LogP contribution >= 0.6 is 0 Å². The van der Waals surface area contributed by atoms with Gasteiger partial charge in [0.2, 0.25) is 0 Å². The van der Waals surface area contributed by atoms with Crippen molar-refractivity contribution in [3.8, 4) is 6.07 Å². The minimum absolute atomic E-state index is 0. The van der Waals surface area contributed by atoms with Crippen LogP contribution in [0.15, 0.2) is 54.6 Å². The van der Waals surface area contributed by atoms with Crippen molar-refractivity contribution in [1.29, 1.82) is 5.26 Å². The van der Waals surface area contributed by atoms with E-state index in [0.717, 1.165) is 17.5 Å². The minimum atomic E-state index is 0. The zero-order valence-corrected chi connectivity index (χ0v) is 14.1. The first kappa shape index (κ1) is 16.7. The maximum atomic E-state index is 9.48. The quantitative estimate of drug-likeness (QED) is 0.577. The van der Waals surface area contributed by atoms with Gasteiger partial charge in [-0.2, -0.15) is 5.26 Å². The van der Waals surface area contributed by atoms with Crippen LogP contribution in [0.1, 0.15) is 11.1 Å². The molecular weight excluding hydrogens is 334 g/mol. The second-order valence-corrected chi connectivity index (χ2v) is 5.64. The number of rotatable bonds is 3. The summed E-state index contributed by atoms with van der Waals surface area (Å²) in [4.78, 5) is 9.29. The lowest BCUT2D eigenvalue weighted by atomic mass is 10.1. The number of halogens is 1. The number of fused-ring (bicyclic) bond motifs is 2. The van der Waals surface area contributed by atoms with Gasteiger partial charge in [-0.1, -0.05) is 42.5 Å². The van der Waals surface area contributed by atoms with Gasteiger partial charge in [-0.25, -0.2) is 9.97 Å². The van der Waals surface area contributed by atoms with E-state index < -0.39 is 0 Å². The monoisotopic (exact) mass is 348 g/mol. The van der Waals surface area contributed by atoms with Crippen molar-refractivity contribution in [2.45, 2.75) is 13.0 Å². The van der Waals surface area contributed by atoms with Crippen LogP contribution in [0.25, 0.3) is 22.2 Å². The third-order valence-electron chi connectivity index (χ3n) is 4.17. The van der Waals surface area contributed by atoms with Crippen LogP contribution in [0.2, 0.25) is 0 Å². The fourth-order valence-corrected chi connectivity index (χ4v) is 2.94. The summed E-state index contributed by atoms with van der Waals surface area (Å²) in [6.07, 6.45) is 0.814. The van der Waals surface area contributed by atoms with Crippen molar-refractivity contribution in [3.63, 3.8) is 0 Å². The Labute approximate surface area is 151 Å². The Morgan fingerprint density at radius 2 is 1.60 bits per heavy atom. The molecular formula is C19H15ClN5-. The minimum Gasteiger partial charge on any atom is -1.00 e. The third kappa shape index (κ3) is 2.88. The van der Waals surface area contributed by atoms with Gasteiger partial charge in [-0.05, 0) is 24.1 Å². The number of aryl methyl sites for hydroxylation is 2. The van der Waals surface area contributed by atoms with Crippen LogP contribution in [0.4, 0.5) is 5.82 Å². The summed E-state index contributed by atoms with van der Waals surface area (Å²) in [6, 6.07) is 20.0. The van der Waals surface area contributed by atoms with E-state index in [0.29, 0.717) is 29.1 Å². The summed E-state index contributed by atoms with van der Waals surface area (Å²) in [7, 11) is 0. The first-order valence-corrected chi connectivity index (χ1v) is 7.76. The molecule has 124 valence electrons. The van der Waals surface area contributed by atoms with Crippen LogP contribution in [-0.4, -0.2) is 14.5 Å². The van der Waals surface area contributed by atoms with Crippen molar-refractivity contribution >= 4 is 28.0 Å². The molecule has 0 atom stereocenters. The molecule has 0 aliphatic carbocycles. The molecule has 0 aliphatic rings. The molecule has 0 bridgehead atoms. The largest absolute Gasteiger partial charge is 1.00 e. The predicted molar refractivity (Wildman–Crippen MR) is 94.3 cm³/mol. The van der Waals surface area contributed by atoms with Crippen LogP contribution < -0.4 is 18.1 Å².